The van der Waals surface area contributed by atoms with Gasteiger partial charge in [0.2, 0.25) is 13.1 Å². The van der Waals surface area contributed by atoms with Crippen LogP contribution >= 0.6 is 0 Å². The van der Waals surface area contributed by atoms with Gasteiger partial charge in [-0.25, -0.2) is 4.79 Å². The largest absolute Gasteiger partial charge is 0.493 e. The van der Waals surface area contributed by atoms with Crippen molar-refractivity contribution >= 4 is 16.7 Å². The Morgan fingerprint density at radius 1 is 0.889 bits per heavy atom. The lowest BCUT2D eigenvalue weighted by molar-refractivity contribution is -0.254. The number of hydrogen-bond donors (Lipinski definition) is 2. The predicted octanol–water partition coefficient (Wildman–Crippen LogP) is 3.82. The number of methoxy groups -OCH3 is 2. The van der Waals surface area contributed by atoms with Crippen LogP contribution in [0.1, 0.15) is 48.0 Å². The SMILES string of the molecule is COc1cc2c(OC3OC(CO)C4OC5(CCCCC5)OC4C3O)c3c(c(-c4ccc5c(c4)OCO5)c2cc1OC)C(=O)OC3. The molecule has 3 fully saturated rings. The number of carbonyl (C=O) groups excluding carboxylic acids is 1. The van der Waals surface area contributed by atoms with Crippen LogP contribution in [-0.4, -0.2) is 80.3 Å². The third kappa shape index (κ3) is 4.50. The average molecular weight is 623 g/mol. The molecule has 2 N–H and O–H groups in total. The van der Waals surface area contributed by atoms with Gasteiger partial charge in [0, 0.05) is 29.4 Å². The van der Waals surface area contributed by atoms with Crippen molar-refractivity contribution in [3.63, 3.8) is 0 Å². The minimum Gasteiger partial charge on any atom is -0.493 e. The van der Waals surface area contributed by atoms with Crippen molar-refractivity contribution in [1.29, 1.82) is 0 Å². The van der Waals surface area contributed by atoms with Crippen LogP contribution in [0.2, 0.25) is 0 Å². The highest BCUT2D eigenvalue weighted by Gasteiger charge is 2.58. The Labute approximate surface area is 258 Å². The second kappa shape index (κ2) is 10.9. The van der Waals surface area contributed by atoms with Crippen LogP contribution in [0.5, 0.6) is 28.7 Å². The molecule has 2 saturated heterocycles. The van der Waals surface area contributed by atoms with Gasteiger partial charge in [0.25, 0.3) is 0 Å². The molecule has 0 bridgehead atoms. The molecule has 0 radical (unpaired) electrons. The number of hydrogen-bond acceptors (Lipinski definition) is 12. The second-order valence-corrected chi connectivity index (χ2v) is 11.9. The van der Waals surface area contributed by atoms with Gasteiger partial charge in [-0.05, 0) is 48.1 Å². The Kier molecular flexibility index (Phi) is 6.95. The first kappa shape index (κ1) is 28.6. The summed E-state index contributed by atoms with van der Waals surface area (Å²) in [6.45, 7) is -0.318. The maximum atomic E-state index is 13.4. The molecule has 3 aromatic carbocycles. The fraction of sp³-hybridized carbons (Fsp3) is 0.485. The van der Waals surface area contributed by atoms with E-state index < -0.39 is 42.5 Å². The first-order chi connectivity index (χ1) is 21.9. The normalized spacial score (nSPS) is 27.7. The fourth-order valence-electron chi connectivity index (χ4n) is 7.28. The fourth-order valence-corrected chi connectivity index (χ4v) is 7.28. The van der Waals surface area contributed by atoms with E-state index in [1.165, 1.54) is 14.2 Å². The van der Waals surface area contributed by atoms with Gasteiger partial charge in [-0.1, -0.05) is 12.5 Å². The summed E-state index contributed by atoms with van der Waals surface area (Å²) in [7, 11) is 3.06. The zero-order valence-electron chi connectivity index (χ0n) is 24.9. The molecule has 4 aliphatic heterocycles. The first-order valence-corrected chi connectivity index (χ1v) is 15.2. The molecule has 1 saturated carbocycles. The van der Waals surface area contributed by atoms with E-state index in [0.29, 0.717) is 68.9 Å². The lowest BCUT2D eigenvalue weighted by atomic mass is 9.89. The van der Waals surface area contributed by atoms with E-state index in [9.17, 15) is 15.0 Å². The highest BCUT2D eigenvalue weighted by atomic mass is 16.8. The maximum Gasteiger partial charge on any atom is 0.339 e. The van der Waals surface area contributed by atoms with Crippen LogP contribution < -0.4 is 23.7 Å². The lowest BCUT2D eigenvalue weighted by Gasteiger charge is -2.39. The number of ether oxygens (including phenoxy) is 9. The third-order valence-corrected chi connectivity index (χ3v) is 9.42. The average Bonchev–Trinajstić information content (AvgIpc) is 3.79. The Morgan fingerprint density at radius 2 is 1.62 bits per heavy atom. The number of aliphatic hydroxyl groups excluding tert-OH is 2. The summed E-state index contributed by atoms with van der Waals surface area (Å²) in [5.74, 6) is 0.975. The van der Waals surface area contributed by atoms with Gasteiger partial charge < -0.3 is 52.8 Å². The number of cyclic esters (lactones) is 1. The number of fused-ring (bicyclic) bond motifs is 4. The minimum absolute atomic E-state index is 0.0631. The predicted molar refractivity (Wildman–Crippen MR) is 156 cm³/mol. The molecule has 5 atom stereocenters. The van der Waals surface area contributed by atoms with E-state index in [-0.39, 0.29) is 25.8 Å². The molecule has 12 heteroatoms. The Balaban J connectivity index is 1.26. The summed E-state index contributed by atoms with van der Waals surface area (Å²) in [5, 5.41) is 23.1. The van der Waals surface area contributed by atoms with Gasteiger partial charge in [0.1, 0.15) is 36.8 Å². The molecule has 1 aliphatic carbocycles. The van der Waals surface area contributed by atoms with Crippen LogP contribution in [0.15, 0.2) is 30.3 Å². The highest BCUT2D eigenvalue weighted by Crippen LogP contribution is 2.51. The zero-order valence-corrected chi connectivity index (χ0v) is 24.9. The highest BCUT2D eigenvalue weighted by molar-refractivity contribution is 6.14. The molecule has 4 heterocycles. The van der Waals surface area contributed by atoms with Crippen LogP contribution in [0.3, 0.4) is 0 Å². The smallest absolute Gasteiger partial charge is 0.339 e. The van der Waals surface area contributed by atoms with Gasteiger partial charge >= 0.3 is 5.97 Å². The number of aliphatic hydroxyl groups is 2. The Morgan fingerprint density at radius 3 is 2.38 bits per heavy atom. The summed E-state index contributed by atoms with van der Waals surface area (Å²) in [6.07, 6.45) is -0.340. The minimum atomic E-state index is -1.25. The van der Waals surface area contributed by atoms with Crippen molar-refractivity contribution < 1.29 is 57.6 Å². The molecule has 3 aromatic rings. The second-order valence-electron chi connectivity index (χ2n) is 11.9. The van der Waals surface area contributed by atoms with Crippen molar-refractivity contribution in [3.05, 3.63) is 41.5 Å². The maximum absolute atomic E-state index is 13.4. The zero-order chi connectivity index (χ0) is 30.9. The number of rotatable bonds is 6. The number of carbonyl (C=O) groups is 1. The van der Waals surface area contributed by atoms with Crippen LogP contribution in [0, 0.1) is 0 Å². The van der Waals surface area contributed by atoms with E-state index >= 15 is 0 Å². The van der Waals surface area contributed by atoms with E-state index in [1.54, 1.807) is 18.2 Å². The molecular weight excluding hydrogens is 588 g/mol. The molecule has 5 aliphatic rings. The van der Waals surface area contributed by atoms with E-state index in [1.807, 2.05) is 12.1 Å². The Hall–Kier alpha value is -3.81. The van der Waals surface area contributed by atoms with Gasteiger partial charge in [-0.15, -0.1) is 0 Å². The molecular formula is C33H34O12. The summed E-state index contributed by atoms with van der Waals surface area (Å²) in [6, 6.07) is 9.00. The molecule has 1 spiro atoms. The summed E-state index contributed by atoms with van der Waals surface area (Å²) >= 11 is 0. The third-order valence-electron chi connectivity index (χ3n) is 9.42. The van der Waals surface area contributed by atoms with Crippen molar-refractivity contribution in [2.24, 2.45) is 0 Å². The molecule has 12 nitrogen and oxygen atoms in total. The quantitative estimate of drug-likeness (QED) is 0.386. The van der Waals surface area contributed by atoms with Crippen molar-refractivity contribution in [2.75, 3.05) is 27.6 Å². The lowest BCUT2D eigenvalue weighted by Crippen LogP contribution is -2.58. The Bertz CT molecular complexity index is 1660. The first-order valence-electron chi connectivity index (χ1n) is 15.2. The molecule has 238 valence electrons. The van der Waals surface area contributed by atoms with Gasteiger partial charge in [-0.2, -0.15) is 0 Å². The van der Waals surface area contributed by atoms with Crippen molar-refractivity contribution in [3.8, 4) is 39.9 Å². The summed E-state index contributed by atoms with van der Waals surface area (Å²) in [4.78, 5) is 13.4. The van der Waals surface area contributed by atoms with Gasteiger partial charge in [-0.3, -0.25) is 0 Å². The van der Waals surface area contributed by atoms with Crippen LogP contribution in [0.25, 0.3) is 21.9 Å². The van der Waals surface area contributed by atoms with Gasteiger partial charge in [0.15, 0.2) is 28.8 Å². The van der Waals surface area contributed by atoms with Crippen molar-refractivity contribution in [2.45, 2.75) is 75.2 Å². The topological polar surface area (TPSA) is 141 Å². The van der Waals surface area contributed by atoms with E-state index in [2.05, 4.69) is 0 Å². The van der Waals surface area contributed by atoms with Crippen molar-refractivity contribution in [1.82, 2.24) is 0 Å². The molecule has 5 unspecified atom stereocenters. The number of benzene rings is 3. The number of esters is 1. The molecule has 8 rings (SSSR count). The molecule has 0 aromatic heterocycles. The van der Waals surface area contributed by atoms with E-state index in [0.717, 1.165) is 19.3 Å². The molecule has 0 amide bonds. The van der Waals surface area contributed by atoms with E-state index in [4.69, 9.17) is 42.6 Å². The molecule has 45 heavy (non-hydrogen) atoms. The standard InChI is InChI=1S/C33H34O12/c1-37-21-11-17-18(12-22(21)38-2)28(19-14-39-31(36)26(19)25(17)16-6-7-20-23(10-16)41-15-40-20)43-32-27(35)30-29(24(13-34)42-32)44-33(45-30)8-4-3-5-9-33/h6-7,10-12,24,27,29-30,32,34-35H,3-5,8-9,13-15H2,1-2H3. The van der Waals surface area contributed by atoms with Crippen LogP contribution in [0.4, 0.5) is 0 Å². The monoisotopic (exact) mass is 622 g/mol. The van der Waals surface area contributed by atoms with Crippen LogP contribution in [-0.2, 0) is 25.6 Å². The summed E-state index contributed by atoms with van der Waals surface area (Å²) in [5.41, 5.74) is 2.09. The summed E-state index contributed by atoms with van der Waals surface area (Å²) < 4.78 is 53.5. The van der Waals surface area contributed by atoms with Gasteiger partial charge in [0.05, 0.1) is 26.4 Å².